The van der Waals surface area contributed by atoms with Gasteiger partial charge in [-0.1, -0.05) is 30.3 Å². The van der Waals surface area contributed by atoms with Crippen molar-refractivity contribution >= 4 is 6.03 Å². The molecule has 1 heterocycles. The highest BCUT2D eigenvalue weighted by Crippen LogP contribution is 2.15. The van der Waals surface area contributed by atoms with Crippen molar-refractivity contribution in [2.24, 2.45) is 0 Å². The molecule has 0 spiro atoms. The number of rotatable bonds is 6. The average molecular weight is 321 g/mol. The van der Waals surface area contributed by atoms with Crippen LogP contribution in [0, 0.1) is 0 Å². The van der Waals surface area contributed by atoms with Gasteiger partial charge in [0.25, 0.3) is 0 Å². The third-order valence-electron chi connectivity index (χ3n) is 3.91. The minimum absolute atomic E-state index is 0.129. The highest BCUT2D eigenvalue weighted by molar-refractivity contribution is 5.74. The Kier molecular flexibility index (Phi) is 6.38. The SMILES string of the molecule is CC1(C)CN(CCNC(=O)N[C@H](CO)c2ccccc2)CCO1. The second kappa shape index (κ2) is 8.29. The van der Waals surface area contributed by atoms with E-state index in [1.807, 2.05) is 30.3 Å². The summed E-state index contributed by atoms with van der Waals surface area (Å²) in [4.78, 5) is 14.3. The molecule has 3 N–H and O–H groups in total. The van der Waals surface area contributed by atoms with Crippen molar-refractivity contribution in [3.05, 3.63) is 35.9 Å². The summed E-state index contributed by atoms with van der Waals surface area (Å²) in [6, 6.07) is 8.80. The highest BCUT2D eigenvalue weighted by atomic mass is 16.5. The maximum Gasteiger partial charge on any atom is 0.315 e. The summed E-state index contributed by atoms with van der Waals surface area (Å²) in [6.45, 7) is 7.84. The summed E-state index contributed by atoms with van der Waals surface area (Å²) in [6.07, 6.45) is 0. The Morgan fingerprint density at radius 3 is 2.78 bits per heavy atom. The molecule has 1 aliphatic rings. The number of aliphatic hydroxyl groups excluding tert-OH is 1. The number of hydrogen-bond acceptors (Lipinski definition) is 4. The number of amides is 2. The standard InChI is InChI=1S/C17H27N3O3/c1-17(2)13-20(10-11-23-17)9-8-18-16(22)19-15(12-21)14-6-4-3-5-7-14/h3-7,15,21H,8-13H2,1-2H3,(H2,18,19,22)/t15-/m1/s1. The van der Waals surface area contributed by atoms with E-state index in [1.54, 1.807) is 0 Å². The summed E-state index contributed by atoms with van der Waals surface area (Å²) in [5.41, 5.74) is 0.760. The molecule has 128 valence electrons. The summed E-state index contributed by atoms with van der Waals surface area (Å²) < 4.78 is 5.67. The minimum Gasteiger partial charge on any atom is -0.394 e. The molecular formula is C17H27N3O3. The first-order valence-corrected chi connectivity index (χ1v) is 8.07. The van der Waals surface area contributed by atoms with E-state index in [0.717, 1.165) is 31.8 Å². The van der Waals surface area contributed by atoms with Crippen molar-refractivity contribution in [1.82, 2.24) is 15.5 Å². The predicted octanol–water partition coefficient (Wildman–Crippen LogP) is 1.13. The molecule has 1 saturated heterocycles. The van der Waals surface area contributed by atoms with Crippen LogP contribution in [0.5, 0.6) is 0 Å². The zero-order valence-electron chi connectivity index (χ0n) is 13.9. The molecule has 6 heteroatoms. The van der Waals surface area contributed by atoms with Gasteiger partial charge in [0.15, 0.2) is 0 Å². The van der Waals surface area contributed by atoms with E-state index in [2.05, 4.69) is 29.4 Å². The zero-order valence-corrected chi connectivity index (χ0v) is 13.9. The first-order chi connectivity index (χ1) is 11.0. The van der Waals surface area contributed by atoms with Gasteiger partial charge in [-0.25, -0.2) is 4.79 Å². The lowest BCUT2D eigenvalue weighted by molar-refractivity contribution is -0.0852. The Labute approximate surface area is 137 Å². The number of nitrogens with one attached hydrogen (secondary N) is 2. The van der Waals surface area contributed by atoms with E-state index >= 15 is 0 Å². The molecule has 0 saturated carbocycles. The van der Waals surface area contributed by atoms with Crippen LogP contribution in [0.2, 0.25) is 0 Å². The van der Waals surface area contributed by atoms with Crippen molar-refractivity contribution in [3.63, 3.8) is 0 Å². The van der Waals surface area contributed by atoms with Gasteiger partial charge in [0.2, 0.25) is 0 Å². The van der Waals surface area contributed by atoms with E-state index < -0.39 is 6.04 Å². The van der Waals surface area contributed by atoms with Crippen molar-refractivity contribution < 1.29 is 14.6 Å². The van der Waals surface area contributed by atoms with E-state index in [4.69, 9.17) is 4.74 Å². The number of hydrogen-bond donors (Lipinski definition) is 3. The molecule has 1 atom stereocenters. The van der Waals surface area contributed by atoms with Crippen LogP contribution in [0.15, 0.2) is 30.3 Å². The van der Waals surface area contributed by atoms with Crippen LogP contribution in [0.4, 0.5) is 4.79 Å². The third-order valence-corrected chi connectivity index (χ3v) is 3.91. The Morgan fingerprint density at radius 2 is 2.13 bits per heavy atom. The summed E-state index contributed by atoms with van der Waals surface area (Å²) in [7, 11) is 0. The monoisotopic (exact) mass is 321 g/mol. The lowest BCUT2D eigenvalue weighted by atomic mass is 10.1. The number of carbonyl (C=O) groups excluding carboxylic acids is 1. The second-order valence-electron chi connectivity index (χ2n) is 6.43. The molecule has 0 unspecified atom stereocenters. The molecule has 0 aliphatic carbocycles. The minimum atomic E-state index is -0.390. The van der Waals surface area contributed by atoms with E-state index in [1.165, 1.54) is 0 Å². The molecule has 0 aromatic heterocycles. The number of carbonyl (C=O) groups is 1. The maximum absolute atomic E-state index is 12.0. The average Bonchev–Trinajstić information content (AvgIpc) is 2.52. The van der Waals surface area contributed by atoms with E-state index in [0.29, 0.717) is 6.54 Å². The zero-order chi connectivity index (χ0) is 16.7. The van der Waals surface area contributed by atoms with E-state index in [-0.39, 0.29) is 18.2 Å². The van der Waals surface area contributed by atoms with Gasteiger partial charge in [-0.05, 0) is 19.4 Å². The van der Waals surface area contributed by atoms with Crippen LogP contribution in [0.25, 0.3) is 0 Å². The third kappa shape index (κ3) is 5.82. The molecule has 2 rings (SSSR count). The molecule has 1 aromatic carbocycles. The Balaban J connectivity index is 1.72. The van der Waals surface area contributed by atoms with Crippen LogP contribution < -0.4 is 10.6 Å². The quantitative estimate of drug-likeness (QED) is 0.734. The van der Waals surface area contributed by atoms with Gasteiger partial charge in [0.05, 0.1) is 24.9 Å². The lowest BCUT2D eigenvalue weighted by Gasteiger charge is -2.38. The number of ether oxygens (including phenoxy) is 1. The van der Waals surface area contributed by atoms with Gasteiger partial charge < -0.3 is 20.5 Å². The first-order valence-electron chi connectivity index (χ1n) is 8.07. The molecule has 1 aromatic rings. The second-order valence-corrected chi connectivity index (χ2v) is 6.43. The molecule has 2 amide bonds. The van der Waals surface area contributed by atoms with Crippen LogP contribution in [0.1, 0.15) is 25.5 Å². The molecule has 0 bridgehead atoms. The van der Waals surface area contributed by atoms with E-state index in [9.17, 15) is 9.90 Å². The fourth-order valence-corrected chi connectivity index (χ4v) is 2.76. The smallest absolute Gasteiger partial charge is 0.315 e. The first kappa shape index (κ1) is 17.7. The Morgan fingerprint density at radius 1 is 1.39 bits per heavy atom. The summed E-state index contributed by atoms with van der Waals surface area (Å²) in [5.74, 6) is 0. The molecule has 23 heavy (non-hydrogen) atoms. The van der Waals surface area contributed by atoms with Crippen molar-refractivity contribution in [1.29, 1.82) is 0 Å². The summed E-state index contributed by atoms with van der Waals surface area (Å²) >= 11 is 0. The maximum atomic E-state index is 12.0. The van der Waals surface area contributed by atoms with Crippen LogP contribution >= 0.6 is 0 Å². The number of benzene rings is 1. The molecule has 1 fully saturated rings. The topological polar surface area (TPSA) is 73.8 Å². The number of nitrogens with zero attached hydrogens (tertiary/aromatic N) is 1. The number of urea groups is 1. The Bertz CT molecular complexity index is 493. The number of aliphatic hydroxyl groups is 1. The van der Waals surface area contributed by atoms with Gasteiger partial charge in [-0.3, -0.25) is 4.90 Å². The molecule has 0 radical (unpaired) electrons. The molecule has 1 aliphatic heterocycles. The Hall–Kier alpha value is -1.63. The largest absolute Gasteiger partial charge is 0.394 e. The fourth-order valence-electron chi connectivity index (χ4n) is 2.76. The van der Waals surface area contributed by atoms with Crippen molar-refractivity contribution in [2.75, 3.05) is 39.4 Å². The van der Waals surface area contributed by atoms with Gasteiger partial charge >= 0.3 is 6.03 Å². The van der Waals surface area contributed by atoms with Gasteiger partial charge in [0.1, 0.15) is 0 Å². The number of morpholine rings is 1. The van der Waals surface area contributed by atoms with Crippen LogP contribution in [-0.4, -0.2) is 61.0 Å². The van der Waals surface area contributed by atoms with Crippen molar-refractivity contribution in [3.8, 4) is 0 Å². The molecular weight excluding hydrogens is 294 g/mol. The van der Waals surface area contributed by atoms with Gasteiger partial charge in [0, 0.05) is 26.2 Å². The van der Waals surface area contributed by atoms with Gasteiger partial charge in [-0.15, -0.1) is 0 Å². The summed E-state index contributed by atoms with van der Waals surface area (Å²) in [5, 5.41) is 15.1. The van der Waals surface area contributed by atoms with Crippen LogP contribution in [-0.2, 0) is 4.74 Å². The predicted molar refractivity (Wildman–Crippen MR) is 89.3 cm³/mol. The normalized spacial score (nSPS) is 19.1. The van der Waals surface area contributed by atoms with Crippen molar-refractivity contribution in [2.45, 2.75) is 25.5 Å². The molecule has 6 nitrogen and oxygen atoms in total. The fraction of sp³-hybridized carbons (Fsp3) is 0.588. The van der Waals surface area contributed by atoms with Gasteiger partial charge in [-0.2, -0.15) is 0 Å². The lowest BCUT2D eigenvalue weighted by Crippen LogP contribution is -2.50. The van der Waals surface area contributed by atoms with Crippen LogP contribution in [0.3, 0.4) is 0 Å². The highest BCUT2D eigenvalue weighted by Gasteiger charge is 2.26.